The first kappa shape index (κ1) is 14.9. The van der Waals surface area contributed by atoms with Crippen molar-refractivity contribution in [3.8, 4) is 5.75 Å². The quantitative estimate of drug-likeness (QED) is 0.879. The second-order valence-electron chi connectivity index (χ2n) is 4.49. The van der Waals surface area contributed by atoms with Gasteiger partial charge in [0.1, 0.15) is 5.75 Å². The predicted octanol–water partition coefficient (Wildman–Crippen LogP) is 3.55. The zero-order chi connectivity index (χ0) is 14.7. The summed E-state index contributed by atoms with van der Waals surface area (Å²) >= 11 is 5.98. The van der Waals surface area contributed by atoms with Gasteiger partial charge in [0.15, 0.2) is 0 Å². The summed E-state index contributed by atoms with van der Waals surface area (Å²) in [6.07, 6.45) is 0. The van der Waals surface area contributed by atoms with Gasteiger partial charge in [-0.05, 0) is 42.8 Å². The van der Waals surface area contributed by atoms with Gasteiger partial charge in [0, 0.05) is 16.3 Å². The molecule has 0 aliphatic carbocycles. The molecule has 0 saturated heterocycles. The smallest absolute Gasteiger partial charge is 0.123 e. The number of methoxy groups -OCH3 is 1. The molecule has 2 aromatic rings. The lowest BCUT2D eigenvalue weighted by Gasteiger charge is -2.10. The lowest BCUT2D eigenvalue weighted by atomic mass is 10.2. The van der Waals surface area contributed by atoms with Crippen LogP contribution in [0.3, 0.4) is 0 Å². The highest BCUT2D eigenvalue weighted by Gasteiger charge is 2.12. The number of anilines is 1. The molecular formula is C15H16ClNO2S. The van der Waals surface area contributed by atoms with Crippen LogP contribution in [-0.4, -0.2) is 11.3 Å². The van der Waals surface area contributed by atoms with E-state index in [0.717, 1.165) is 11.1 Å². The van der Waals surface area contributed by atoms with Crippen molar-refractivity contribution in [1.29, 1.82) is 0 Å². The summed E-state index contributed by atoms with van der Waals surface area (Å²) in [5, 5.41) is 0.592. The predicted molar refractivity (Wildman–Crippen MR) is 83.7 cm³/mol. The summed E-state index contributed by atoms with van der Waals surface area (Å²) in [5.74, 6) is 0.991. The Labute approximate surface area is 126 Å². The van der Waals surface area contributed by atoms with Crippen LogP contribution >= 0.6 is 11.6 Å². The van der Waals surface area contributed by atoms with Crippen LogP contribution in [0.15, 0.2) is 41.3 Å². The Hall–Kier alpha value is -1.52. The molecule has 20 heavy (non-hydrogen) atoms. The number of ether oxygens (including phenoxy) is 1. The summed E-state index contributed by atoms with van der Waals surface area (Å²) in [5.41, 5.74) is 8.32. The van der Waals surface area contributed by atoms with Gasteiger partial charge in [0.25, 0.3) is 0 Å². The second-order valence-corrected chi connectivity index (χ2v) is 6.34. The number of benzene rings is 2. The van der Waals surface area contributed by atoms with Gasteiger partial charge in [0.2, 0.25) is 0 Å². The van der Waals surface area contributed by atoms with E-state index in [9.17, 15) is 4.21 Å². The van der Waals surface area contributed by atoms with Gasteiger partial charge in [-0.15, -0.1) is 0 Å². The van der Waals surface area contributed by atoms with Gasteiger partial charge in [0.05, 0.1) is 28.6 Å². The first-order valence-electron chi connectivity index (χ1n) is 6.08. The molecule has 0 aromatic heterocycles. The summed E-state index contributed by atoms with van der Waals surface area (Å²) in [6, 6.07) is 10.8. The maximum atomic E-state index is 12.5. The Morgan fingerprint density at radius 3 is 2.65 bits per heavy atom. The van der Waals surface area contributed by atoms with Gasteiger partial charge in [-0.2, -0.15) is 0 Å². The number of hydrogen-bond donors (Lipinski definition) is 1. The van der Waals surface area contributed by atoms with E-state index in [0.29, 0.717) is 27.1 Å². The molecule has 0 spiro atoms. The summed E-state index contributed by atoms with van der Waals surface area (Å²) in [4.78, 5) is 0.637. The summed E-state index contributed by atoms with van der Waals surface area (Å²) < 4.78 is 17.7. The highest BCUT2D eigenvalue weighted by molar-refractivity contribution is 7.84. The maximum Gasteiger partial charge on any atom is 0.123 e. The molecule has 0 heterocycles. The summed E-state index contributed by atoms with van der Waals surface area (Å²) in [7, 11) is 0.341. The number of hydrogen-bond acceptors (Lipinski definition) is 3. The third-order valence-electron chi connectivity index (χ3n) is 2.94. The van der Waals surface area contributed by atoms with Crippen LogP contribution in [0.1, 0.15) is 11.1 Å². The van der Waals surface area contributed by atoms with Gasteiger partial charge in [-0.1, -0.05) is 17.7 Å². The van der Waals surface area contributed by atoms with Crippen molar-refractivity contribution < 1.29 is 8.95 Å². The molecular weight excluding hydrogens is 294 g/mol. The Kier molecular flexibility index (Phi) is 4.68. The number of rotatable bonds is 4. The number of halogens is 1. The third kappa shape index (κ3) is 3.32. The zero-order valence-electron chi connectivity index (χ0n) is 11.4. The molecule has 1 unspecified atom stereocenters. The number of nitrogen functional groups attached to an aromatic ring is 1. The number of aryl methyl sites for hydroxylation is 1. The van der Waals surface area contributed by atoms with E-state index >= 15 is 0 Å². The molecule has 5 heteroatoms. The molecule has 0 saturated carbocycles. The topological polar surface area (TPSA) is 52.3 Å². The monoisotopic (exact) mass is 309 g/mol. The molecule has 2 aromatic carbocycles. The van der Waals surface area contributed by atoms with E-state index in [2.05, 4.69) is 0 Å². The Morgan fingerprint density at radius 1 is 1.25 bits per heavy atom. The van der Waals surface area contributed by atoms with Crippen molar-refractivity contribution in [1.82, 2.24) is 0 Å². The molecule has 0 amide bonds. The minimum atomic E-state index is -1.24. The molecule has 2 rings (SSSR count). The van der Waals surface area contributed by atoms with E-state index in [1.165, 1.54) is 0 Å². The third-order valence-corrected chi connectivity index (χ3v) is 4.61. The molecule has 0 bridgehead atoms. The Bertz CT molecular complexity index is 658. The molecule has 2 N–H and O–H groups in total. The highest BCUT2D eigenvalue weighted by Crippen LogP contribution is 2.27. The van der Waals surface area contributed by atoms with Gasteiger partial charge >= 0.3 is 0 Å². The fourth-order valence-electron chi connectivity index (χ4n) is 1.95. The fourth-order valence-corrected chi connectivity index (χ4v) is 3.35. The van der Waals surface area contributed by atoms with Crippen molar-refractivity contribution in [2.75, 3.05) is 12.8 Å². The number of nitrogens with two attached hydrogens (primary N) is 1. The van der Waals surface area contributed by atoms with Crippen molar-refractivity contribution in [3.05, 3.63) is 52.5 Å². The lowest BCUT2D eigenvalue weighted by molar-refractivity contribution is 0.411. The summed E-state index contributed by atoms with van der Waals surface area (Å²) in [6.45, 7) is 1.95. The van der Waals surface area contributed by atoms with Crippen LogP contribution in [0.4, 0.5) is 5.69 Å². The largest absolute Gasteiger partial charge is 0.496 e. The van der Waals surface area contributed by atoms with Gasteiger partial charge < -0.3 is 10.5 Å². The second kappa shape index (κ2) is 6.29. The molecule has 0 aliphatic heterocycles. The Balaban J connectivity index is 2.30. The molecule has 3 nitrogen and oxygen atoms in total. The fraction of sp³-hybridized carbons (Fsp3) is 0.200. The standard InChI is InChI=1S/C15H16ClNO2S/c1-10-3-6-15(13(17)7-10)20(18)9-11-8-12(16)4-5-14(11)19-2/h3-8H,9,17H2,1-2H3. The maximum absolute atomic E-state index is 12.5. The van der Waals surface area contributed by atoms with Gasteiger partial charge in [-0.25, -0.2) is 0 Å². The first-order chi connectivity index (χ1) is 9.51. The minimum Gasteiger partial charge on any atom is -0.496 e. The van der Waals surface area contributed by atoms with Crippen LogP contribution in [-0.2, 0) is 16.6 Å². The van der Waals surface area contributed by atoms with Crippen LogP contribution < -0.4 is 10.5 Å². The highest BCUT2D eigenvalue weighted by atomic mass is 35.5. The van der Waals surface area contributed by atoms with E-state index < -0.39 is 10.8 Å². The minimum absolute atomic E-state index is 0.316. The van der Waals surface area contributed by atoms with E-state index in [4.69, 9.17) is 22.1 Å². The zero-order valence-corrected chi connectivity index (χ0v) is 12.9. The SMILES string of the molecule is COc1ccc(Cl)cc1CS(=O)c1ccc(C)cc1N. The van der Waals surface area contributed by atoms with Gasteiger partial charge in [-0.3, -0.25) is 4.21 Å². The van der Waals surface area contributed by atoms with Crippen LogP contribution in [0.2, 0.25) is 5.02 Å². The van der Waals surface area contributed by atoms with Crippen molar-refractivity contribution in [2.24, 2.45) is 0 Å². The molecule has 0 aliphatic rings. The van der Waals surface area contributed by atoms with E-state index in [1.807, 2.05) is 19.1 Å². The van der Waals surface area contributed by atoms with Crippen LogP contribution in [0, 0.1) is 6.92 Å². The van der Waals surface area contributed by atoms with Crippen molar-refractivity contribution >= 4 is 28.1 Å². The molecule has 106 valence electrons. The average Bonchev–Trinajstić information content (AvgIpc) is 2.38. The van der Waals surface area contributed by atoms with E-state index in [1.54, 1.807) is 31.4 Å². The van der Waals surface area contributed by atoms with Crippen LogP contribution in [0.25, 0.3) is 0 Å². The van der Waals surface area contributed by atoms with Crippen molar-refractivity contribution in [3.63, 3.8) is 0 Å². The average molecular weight is 310 g/mol. The lowest BCUT2D eigenvalue weighted by Crippen LogP contribution is -2.02. The molecule has 1 atom stereocenters. The van der Waals surface area contributed by atoms with E-state index in [-0.39, 0.29) is 0 Å². The first-order valence-corrected chi connectivity index (χ1v) is 7.78. The van der Waals surface area contributed by atoms with Crippen molar-refractivity contribution in [2.45, 2.75) is 17.6 Å². The normalized spacial score (nSPS) is 12.2. The Morgan fingerprint density at radius 2 is 2.00 bits per heavy atom. The molecule has 0 fully saturated rings. The van der Waals surface area contributed by atoms with Crippen LogP contribution in [0.5, 0.6) is 5.75 Å². The molecule has 0 radical (unpaired) electrons.